The molecule has 5 heteroatoms. The lowest BCUT2D eigenvalue weighted by atomic mass is 9.72. The maximum Gasteiger partial charge on any atom is 0.298 e. The molecule has 0 saturated carbocycles. The van der Waals surface area contributed by atoms with Crippen LogP contribution in [0.5, 0.6) is 5.75 Å². The molecular weight excluding hydrogens is 312 g/mol. The molecule has 0 amide bonds. The Morgan fingerprint density at radius 2 is 1.74 bits per heavy atom. The van der Waals surface area contributed by atoms with Crippen molar-refractivity contribution >= 4 is 10.1 Å². The molecule has 0 saturated heterocycles. The van der Waals surface area contributed by atoms with E-state index in [2.05, 4.69) is 34.6 Å². The monoisotopic (exact) mass is 342 g/mol. The third-order valence-electron chi connectivity index (χ3n) is 3.73. The highest BCUT2D eigenvalue weighted by atomic mass is 32.2. The van der Waals surface area contributed by atoms with Crippen molar-refractivity contribution in [3.8, 4) is 5.75 Å². The fourth-order valence-electron chi connectivity index (χ4n) is 3.00. The van der Waals surface area contributed by atoms with Gasteiger partial charge in [-0.25, -0.2) is 0 Å². The highest BCUT2D eigenvalue weighted by Crippen LogP contribution is 2.38. The summed E-state index contributed by atoms with van der Waals surface area (Å²) in [5, 5.41) is 0. The van der Waals surface area contributed by atoms with Crippen LogP contribution in [0.3, 0.4) is 0 Å². The van der Waals surface area contributed by atoms with Crippen LogP contribution in [0, 0.1) is 5.41 Å². The molecule has 1 aromatic rings. The van der Waals surface area contributed by atoms with Gasteiger partial charge in [0, 0.05) is 0 Å². The molecule has 0 spiro atoms. The molecule has 0 unspecified atom stereocenters. The quantitative estimate of drug-likeness (QED) is 0.569. The van der Waals surface area contributed by atoms with Gasteiger partial charge in [0.1, 0.15) is 10.6 Å². The molecule has 23 heavy (non-hydrogen) atoms. The van der Waals surface area contributed by atoms with Crippen LogP contribution < -0.4 is 4.74 Å². The normalized spacial score (nSPS) is 13.2. The summed E-state index contributed by atoms with van der Waals surface area (Å²) in [6, 6.07) is 5.09. The second-order valence-electron chi connectivity index (χ2n) is 7.96. The van der Waals surface area contributed by atoms with Crippen molar-refractivity contribution in [1.82, 2.24) is 0 Å². The van der Waals surface area contributed by atoms with Crippen molar-refractivity contribution in [2.24, 2.45) is 5.41 Å². The first-order chi connectivity index (χ1) is 10.4. The predicted molar refractivity (Wildman–Crippen MR) is 93.8 cm³/mol. The van der Waals surface area contributed by atoms with E-state index >= 15 is 0 Å². The van der Waals surface area contributed by atoms with Crippen molar-refractivity contribution in [3.63, 3.8) is 0 Å². The van der Waals surface area contributed by atoms with Crippen molar-refractivity contribution in [2.45, 2.75) is 71.1 Å². The highest BCUT2D eigenvalue weighted by molar-refractivity contribution is 7.86. The van der Waals surface area contributed by atoms with Crippen molar-refractivity contribution in [1.29, 1.82) is 0 Å². The van der Waals surface area contributed by atoms with E-state index < -0.39 is 10.1 Å². The van der Waals surface area contributed by atoms with Gasteiger partial charge in [-0.1, -0.05) is 54.0 Å². The van der Waals surface area contributed by atoms with E-state index in [0.29, 0.717) is 6.61 Å². The lowest BCUT2D eigenvalue weighted by Gasteiger charge is -2.33. The minimum Gasteiger partial charge on any atom is -0.492 e. The third-order valence-corrected chi connectivity index (χ3v) is 4.61. The minimum atomic E-state index is -4.32. The number of unbranched alkanes of at least 4 members (excludes halogenated alkanes) is 1. The summed E-state index contributed by atoms with van der Waals surface area (Å²) in [6.45, 7) is 13.1. The zero-order valence-corrected chi connectivity index (χ0v) is 16.0. The number of ether oxygens (including phenoxy) is 1. The SMILES string of the molecule is CCCCOc1ccc(C(C)(C)CC(C)(C)C)cc1S(=O)(=O)O. The van der Waals surface area contributed by atoms with Crippen LogP contribution in [-0.2, 0) is 15.5 Å². The summed E-state index contributed by atoms with van der Waals surface area (Å²) in [7, 11) is -4.32. The number of benzene rings is 1. The van der Waals surface area contributed by atoms with E-state index in [0.717, 1.165) is 24.8 Å². The largest absolute Gasteiger partial charge is 0.492 e. The molecular formula is C18H30O4S. The standard InChI is InChI=1S/C18H30O4S/c1-7-8-11-22-15-10-9-14(12-16(15)23(19,20)21)18(5,6)13-17(2,3)4/h9-10,12H,7-8,11,13H2,1-6H3,(H,19,20,21). The van der Waals surface area contributed by atoms with Gasteiger partial charge in [-0.05, 0) is 41.4 Å². The summed E-state index contributed by atoms with van der Waals surface area (Å²) >= 11 is 0. The van der Waals surface area contributed by atoms with Gasteiger partial charge in [0.2, 0.25) is 0 Å². The van der Waals surface area contributed by atoms with Gasteiger partial charge in [-0.3, -0.25) is 4.55 Å². The molecule has 4 nitrogen and oxygen atoms in total. The van der Waals surface area contributed by atoms with Crippen molar-refractivity contribution in [2.75, 3.05) is 6.61 Å². The molecule has 0 fully saturated rings. The van der Waals surface area contributed by atoms with Gasteiger partial charge in [0.15, 0.2) is 0 Å². The first-order valence-electron chi connectivity index (χ1n) is 8.12. The van der Waals surface area contributed by atoms with Crippen molar-refractivity contribution in [3.05, 3.63) is 23.8 Å². The maximum absolute atomic E-state index is 11.7. The first kappa shape index (κ1) is 20.0. The lowest BCUT2D eigenvalue weighted by Crippen LogP contribution is -2.25. The van der Waals surface area contributed by atoms with E-state index in [1.165, 1.54) is 0 Å². The second kappa shape index (κ2) is 7.22. The van der Waals surface area contributed by atoms with E-state index in [4.69, 9.17) is 4.74 Å². The number of hydrogen-bond acceptors (Lipinski definition) is 3. The maximum atomic E-state index is 11.7. The van der Waals surface area contributed by atoms with Crippen LogP contribution in [0.4, 0.5) is 0 Å². The summed E-state index contributed by atoms with van der Waals surface area (Å²) in [4.78, 5) is -0.145. The first-order valence-corrected chi connectivity index (χ1v) is 9.56. The van der Waals surface area contributed by atoms with Crippen LogP contribution in [0.1, 0.15) is 66.4 Å². The molecule has 0 aromatic heterocycles. The second-order valence-corrected chi connectivity index (χ2v) is 9.35. The summed E-state index contributed by atoms with van der Waals surface area (Å²) in [6.07, 6.45) is 2.68. The van der Waals surface area contributed by atoms with Crippen LogP contribution in [-0.4, -0.2) is 19.6 Å². The molecule has 1 N–H and O–H groups in total. The Bertz CT molecular complexity index is 625. The predicted octanol–water partition coefficient (Wildman–Crippen LogP) is 4.83. The number of rotatable bonds is 7. The molecule has 0 bridgehead atoms. The Morgan fingerprint density at radius 1 is 1.13 bits per heavy atom. The topological polar surface area (TPSA) is 63.6 Å². The molecule has 0 aliphatic rings. The summed E-state index contributed by atoms with van der Waals surface area (Å²) in [5.41, 5.74) is 0.778. The Kier molecular flexibility index (Phi) is 6.27. The van der Waals surface area contributed by atoms with Gasteiger partial charge in [-0.15, -0.1) is 0 Å². The molecule has 1 rings (SSSR count). The van der Waals surface area contributed by atoms with E-state index in [1.807, 2.05) is 13.0 Å². The van der Waals surface area contributed by atoms with E-state index in [1.54, 1.807) is 12.1 Å². The van der Waals surface area contributed by atoms with Gasteiger partial charge in [-0.2, -0.15) is 8.42 Å². The molecule has 0 radical (unpaired) electrons. The van der Waals surface area contributed by atoms with Crippen molar-refractivity contribution < 1.29 is 17.7 Å². The highest BCUT2D eigenvalue weighted by Gasteiger charge is 2.29. The van der Waals surface area contributed by atoms with Crippen LogP contribution in [0.2, 0.25) is 0 Å². The number of hydrogen-bond donors (Lipinski definition) is 1. The molecule has 0 atom stereocenters. The van der Waals surface area contributed by atoms with Crippen LogP contribution in [0.25, 0.3) is 0 Å². The fraction of sp³-hybridized carbons (Fsp3) is 0.667. The van der Waals surface area contributed by atoms with E-state index in [9.17, 15) is 13.0 Å². The van der Waals surface area contributed by atoms with Gasteiger partial charge in [0.25, 0.3) is 10.1 Å². The van der Waals surface area contributed by atoms with Gasteiger partial charge in [0.05, 0.1) is 6.61 Å². The minimum absolute atomic E-state index is 0.109. The summed E-state index contributed by atoms with van der Waals surface area (Å²) in [5.74, 6) is 0.219. The molecule has 132 valence electrons. The lowest BCUT2D eigenvalue weighted by molar-refractivity contribution is 0.282. The average molecular weight is 343 g/mol. The molecule has 0 aliphatic heterocycles. The van der Waals surface area contributed by atoms with Crippen LogP contribution in [0.15, 0.2) is 23.1 Å². The average Bonchev–Trinajstić information content (AvgIpc) is 2.35. The molecule has 0 aliphatic carbocycles. The van der Waals surface area contributed by atoms with Gasteiger partial charge >= 0.3 is 0 Å². The van der Waals surface area contributed by atoms with E-state index in [-0.39, 0.29) is 21.5 Å². The Morgan fingerprint density at radius 3 is 2.22 bits per heavy atom. The Labute approximate surface area is 141 Å². The smallest absolute Gasteiger partial charge is 0.298 e. The summed E-state index contributed by atoms with van der Waals surface area (Å²) < 4.78 is 38.5. The zero-order chi connectivity index (χ0) is 17.9. The Hall–Kier alpha value is -1.07. The van der Waals surface area contributed by atoms with Gasteiger partial charge < -0.3 is 4.74 Å². The third kappa shape index (κ3) is 6.15. The molecule has 0 heterocycles. The Balaban J connectivity index is 3.23. The fourth-order valence-corrected chi connectivity index (χ4v) is 3.66. The molecule has 1 aromatic carbocycles. The van der Waals surface area contributed by atoms with Crippen LogP contribution >= 0.6 is 0 Å². The zero-order valence-electron chi connectivity index (χ0n) is 15.1.